The van der Waals surface area contributed by atoms with Gasteiger partial charge in [-0.1, -0.05) is 12.1 Å². The summed E-state index contributed by atoms with van der Waals surface area (Å²) in [6.07, 6.45) is 3.86. The van der Waals surface area contributed by atoms with E-state index in [2.05, 4.69) is 29.3 Å². The van der Waals surface area contributed by atoms with Crippen molar-refractivity contribution in [1.29, 1.82) is 0 Å². The maximum Gasteiger partial charge on any atom is 0.226 e. The first kappa shape index (κ1) is 13.5. The van der Waals surface area contributed by atoms with Crippen molar-refractivity contribution in [1.82, 2.24) is 15.5 Å². The molecule has 102 valence electrons. The lowest BCUT2D eigenvalue weighted by atomic mass is 10.0. The summed E-state index contributed by atoms with van der Waals surface area (Å²) in [6.45, 7) is 8.09. The predicted molar refractivity (Wildman–Crippen MR) is 68.3 cm³/mol. The van der Waals surface area contributed by atoms with Gasteiger partial charge in [-0.3, -0.25) is 0 Å². The van der Waals surface area contributed by atoms with Crippen LogP contribution in [0.25, 0.3) is 0 Å². The monoisotopic (exact) mass is 253 g/mol. The minimum Gasteiger partial charge on any atom is -0.367 e. The van der Waals surface area contributed by atoms with Crippen molar-refractivity contribution in [3.8, 4) is 0 Å². The SMILES string of the molecule is CCNC(C)CCc1nc(C2(C)CCCO2)no1. The summed E-state index contributed by atoms with van der Waals surface area (Å²) in [5.74, 6) is 1.41. The van der Waals surface area contributed by atoms with Gasteiger partial charge in [0, 0.05) is 19.1 Å². The number of aromatic nitrogens is 2. The molecule has 1 aromatic rings. The van der Waals surface area contributed by atoms with Crippen molar-refractivity contribution in [3.05, 3.63) is 11.7 Å². The summed E-state index contributed by atoms with van der Waals surface area (Å²) >= 11 is 0. The topological polar surface area (TPSA) is 60.2 Å². The Bertz CT molecular complexity index is 372. The van der Waals surface area contributed by atoms with E-state index in [1.165, 1.54) is 0 Å². The summed E-state index contributed by atoms with van der Waals surface area (Å²) in [4.78, 5) is 4.47. The molecule has 0 saturated carbocycles. The van der Waals surface area contributed by atoms with Crippen molar-refractivity contribution < 1.29 is 9.26 Å². The van der Waals surface area contributed by atoms with Crippen LogP contribution < -0.4 is 5.32 Å². The first-order chi connectivity index (χ1) is 8.64. The average Bonchev–Trinajstić information content (AvgIpc) is 2.96. The van der Waals surface area contributed by atoms with Crippen LogP contribution in [0.15, 0.2) is 4.52 Å². The Kier molecular flexibility index (Phi) is 4.35. The zero-order valence-electron chi connectivity index (χ0n) is 11.5. The summed E-state index contributed by atoms with van der Waals surface area (Å²) in [5, 5.41) is 7.43. The molecule has 2 unspecified atom stereocenters. The zero-order chi connectivity index (χ0) is 13.0. The molecular weight excluding hydrogens is 230 g/mol. The first-order valence-electron chi connectivity index (χ1n) is 6.84. The molecule has 5 heteroatoms. The van der Waals surface area contributed by atoms with Gasteiger partial charge in [0.15, 0.2) is 0 Å². The van der Waals surface area contributed by atoms with Gasteiger partial charge in [-0.25, -0.2) is 0 Å². The fraction of sp³-hybridized carbons (Fsp3) is 0.846. The molecule has 2 rings (SSSR count). The first-order valence-corrected chi connectivity index (χ1v) is 6.84. The molecule has 2 heterocycles. The number of rotatable bonds is 6. The molecule has 1 aromatic heterocycles. The Morgan fingerprint density at radius 3 is 3.00 bits per heavy atom. The Hall–Kier alpha value is -0.940. The third-order valence-corrected chi connectivity index (χ3v) is 3.50. The van der Waals surface area contributed by atoms with Gasteiger partial charge >= 0.3 is 0 Å². The van der Waals surface area contributed by atoms with Crippen LogP contribution in [-0.4, -0.2) is 29.3 Å². The van der Waals surface area contributed by atoms with Gasteiger partial charge in [0.1, 0.15) is 5.60 Å². The van der Waals surface area contributed by atoms with Crippen molar-refractivity contribution in [3.63, 3.8) is 0 Å². The van der Waals surface area contributed by atoms with Gasteiger partial charge in [0.25, 0.3) is 0 Å². The lowest BCUT2D eigenvalue weighted by Gasteiger charge is -2.17. The Balaban J connectivity index is 1.90. The Morgan fingerprint density at radius 2 is 2.33 bits per heavy atom. The number of hydrogen-bond donors (Lipinski definition) is 1. The highest BCUT2D eigenvalue weighted by Gasteiger charge is 2.36. The van der Waals surface area contributed by atoms with Crippen LogP contribution in [0, 0.1) is 0 Å². The van der Waals surface area contributed by atoms with Gasteiger partial charge in [0.2, 0.25) is 11.7 Å². The van der Waals surface area contributed by atoms with Crippen LogP contribution >= 0.6 is 0 Å². The standard InChI is InChI=1S/C13H23N3O2/c1-4-14-10(2)6-7-11-15-12(16-18-11)13(3)8-5-9-17-13/h10,14H,4-9H2,1-3H3. The number of hydrogen-bond acceptors (Lipinski definition) is 5. The minimum absolute atomic E-state index is 0.338. The van der Waals surface area contributed by atoms with E-state index >= 15 is 0 Å². The van der Waals surface area contributed by atoms with Crippen LogP contribution in [0.1, 0.15) is 51.7 Å². The van der Waals surface area contributed by atoms with Gasteiger partial charge in [-0.2, -0.15) is 4.98 Å². The van der Waals surface area contributed by atoms with Crippen molar-refractivity contribution >= 4 is 0 Å². The lowest BCUT2D eigenvalue weighted by Crippen LogP contribution is -2.26. The average molecular weight is 253 g/mol. The van der Waals surface area contributed by atoms with E-state index in [9.17, 15) is 0 Å². The normalized spacial score (nSPS) is 25.5. The Morgan fingerprint density at radius 1 is 1.50 bits per heavy atom. The molecule has 18 heavy (non-hydrogen) atoms. The summed E-state index contributed by atoms with van der Waals surface area (Å²) in [7, 11) is 0. The highest BCUT2D eigenvalue weighted by molar-refractivity contribution is 5.01. The Labute approximate surface area is 108 Å². The number of ether oxygens (including phenoxy) is 1. The van der Waals surface area contributed by atoms with Crippen LogP contribution in [-0.2, 0) is 16.8 Å². The van der Waals surface area contributed by atoms with E-state index in [4.69, 9.17) is 9.26 Å². The van der Waals surface area contributed by atoms with E-state index in [0.29, 0.717) is 17.8 Å². The molecule has 1 N–H and O–H groups in total. The molecule has 0 bridgehead atoms. The summed E-state index contributed by atoms with van der Waals surface area (Å²) < 4.78 is 11.0. The molecule has 0 aliphatic carbocycles. The van der Waals surface area contributed by atoms with Crippen LogP contribution in [0.5, 0.6) is 0 Å². The molecule has 1 aliphatic heterocycles. The fourth-order valence-corrected chi connectivity index (χ4v) is 2.32. The van der Waals surface area contributed by atoms with E-state index in [1.807, 2.05) is 6.92 Å². The molecule has 0 amide bonds. The second-order valence-electron chi connectivity index (χ2n) is 5.19. The van der Waals surface area contributed by atoms with Crippen LogP contribution in [0.2, 0.25) is 0 Å². The second-order valence-corrected chi connectivity index (χ2v) is 5.19. The van der Waals surface area contributed by atoms with Crippen molar-refractivity contribution in [2.24, 2.45) is 0 Å². The van der Waals surface area contributed by atoms with Crippen LogP contribution in [0.4, 0.5) is 0 Å². The van der Waals surface area contributed by atoms with Gasteiger partial charge < -0.3 is 14.6 Å². The molecular formula is C13H23N3O2. The minimum atomic E-state index is -0.338. The molecule has 0 aromatic carbocycles. The third kappa shape index (κ3) is 3.09. The lowest BCUT2D eigenvalue weighted by molar-refractivity contribution is 0.00768. The van der Waals surface area contributed by atoms with E-state index in [1.54, 1.807) is 0 Å². The highest BCUT2D eigenvalue weighted by atomic mass is 16.5. The number of nitrogens with one attached hydrogen (secondary N) is 1. The van der Waals surface area contributed by atoms with Gasteiger partial charge in [-0.15, -0.1) is 0 Å². The maximum atomic E-state index is 5.71. The highest BCUT2D eigenvalue weighted by Crippen LogP contribution is 2.33. The van der Waals surface area contributed by atoms with E-state index in [0.717, 1.165) is 38.8 Å². The number of nitrogens with zero attached hydrogens (tertiary/aromatic N) is 2. The maximum absolute atomic E-state index is 5.71. The summed E-state index contributed by atoms with van der Waals surface area (Å²) in [6, 6.07) is 0.476. The molecule has 2 atom stereocenters. The molecule has 0 spiro atoms. The number of aryl methyl sites for hydroxylation is 1. The quantitative estimate of drug-likeness (QED) is 0.840. The molecule has 5 nitrogen and oxygen atoms in total. The zero-order valence-corrected chi connectivity index (χ0v) is 11.5. The van der Waals surface area contributed by atoms with Gasteiger partial charge in [0.05, 0.1) is 0 Å². The van der Waals surface area contributed by atoms with Gasteiger partial charge in [-0.05, 0) is 39.7 Å². The van der Waals surface area contributed by atoms with E-state index in [-0.39, 0.29) is 5.60 Å². The molecule has 0 radical (unpaired) electrons. The molecule has 1 fully saturated rings. The molecule has 1 saturated heterocycles. The third-order valence-electron chi connectivity index (χ3n) is 3.50. The predicted octanol–water partition coefficient (Wildman–Crippen LogP) is 2.03. The second kappa shape index (κ2) is 5.80. The van der Waals surface area contributed by atoms with E-state index < -0.39 is 0 Å². The fourth-order valence-electron chi connectivity index (χ4n) is 2.32. The molecule has 1 aliphatic rings. The van der Waals surface area contributed by atoms with Crippen molar-refractivity contribution in [2.75, 3.05) is 13.2 Å². The van der Waals surface area contributed by atoms with Crippen molar-refractivity contribution in [2.45, 2.75) is 58.1 Å². The summed E-state index contributed by atoms with van der Waals surface area (Å²) in [5.41, 5.74) is -0.338. The van der Waals surface area contributed by atoms with Crippen LogP contribution in [0.3, 0.4) is 0 Å². The smallest absolute Gasteiger partial charge is 0.226 e. The largest absolute Gasteiger partial charge is 0.367 e.